The minimum Gasteiger partial charge on any atom is -0.439 e. The SMILES string of the molecule is CS(=O)(=O)Nc1cccc(C(F)(F)F)c1-c1cc(Oc2ccc3cccnc3c2)ncn1. The van der Waals surface area contributed by atoms with E-state index in [0.29, 0.717) is 11.3 Å². The van der Waals surface area contributed by atoms with Crippen molar-refractivity contribution in [3.05, 3.63) is 72.7 Å². The van der Waals surface area contributed by atoms with Gasteiger partial charge in [-0.25, -0.2) is 18.4 Å². The number of ether oxygens (including phenoxy) is 1. The Labute approximate surface area is 181 Å². The van der Waals surface area contributed by atoms with Gasteiger partial charge >= 0.3 is 6.18 Å². The molecule has 11 heteroatoms. The average molecular weight is 460 g/mol. The fourth-order valence-corrected chi connectivity index (χ4v) is 3.68. The number of pyridine rings is 1. The standard InChI is InChI=1S/C21H15F3N4O3S/c1-32(29,30)28-16-6-2-5-15(21(22,23)24)20(16)18-11-19(27-12-26-18)31-14-8-7-13-4-3-9-25-17(13)10-14/h2-12,28H,1H3. The highest BCUT2D eigenvalue weighted by Crippen LogP contribution is 2.41. The summed E-state index contributed by atoms with van der Waals surface area (Å²) < 4.78 is 72.3. The number of benzene rings is 2. The summed E-state index contributed by atoms with van der Waals surface area (Å²) in [6.45, 7) is 0. The molecule has 2 aromatic heterocycles. The smallest absolute Gasteiger partial charge is 0.417 e. The molecule has 0 bridgehead atoms. The largest absolute Gasteiger partial charge is 0.439 e. The van der Waals surface area contributed by atoms with E-state index < -0.39 is 27.3 Å². The summed E-state index contributed by atoms with van der Waals surface area (Å²) in [7, 11) is -3.85. The summed E-state index contributed by atoms with van der Waals surface area (Å²) in [6.07, 6.45) is -1.24. The van der Waals surface area contributed by atoms with Crippen LogP contribution in [0.4, 0.5) is 18.9 Å². The highest BCUT2D eigenvalue weighted by atomic mass is 32.2. The first kappa shape index (κ1) is 21.5. The Hall–Kier alpha value is -3.73. The maximum atomic E-state index is 13.7. The molecular weight excluding hydrogens is 445 g/mol. The molecule has 164 valence electrons. The van der Waals surface area contributed by atoms with Gasteiger partial charge in [0.1, 0.15) is 12.1 Å². The van der Waals surface area contributed by atoms with Crippen LogP contribution < -0.4 is 9.46 Å². The van der Waals surface area contributed by atoms with E-state index in [2.05, 4.69) is 19.7 Å². The average Bonchev–Trinajstić information content (AvgIpc) is 2.72. The normalized spacial score (nSPS) is 12.0. The fraction of sp³-hybridized carbons (Fsp3) is 0.0952. The fourth-order valence-electron chi connectivity index (χ4n) is 3.11. The summed E-state index contributed by atoms with van der Waals surface area (Å²) in [5.41, 5.74) is -1.24. The Bertz CT molecular complexity index is 1410. The highest BCUT2D eigenvalue weighted by molar-refractivity contribution is 7.92. The van der Waals surface area contributed by atoms with Crippen LogP contribution in [0.5, 0.6) is 11.6 Å². The molecule has 4 aromatic rings. The van der Waals surface area contributed by atoms with Crippen molar-refractivity contribution in [3.63, 3.8) is 0 Å². The molecule has 0 fully saturated rings. The number of nitrogens with one attached hydrogen (secondary N) is 1. The van der Waals surface area contributed by atoms with Crippen LogP contribution in [0.25, 0.3) is 22.2 Å². The summed E-state index contributed by atoms with van der Waals surface area (Å²) in [5.74, 6) is 0.354. The number of nitrogens with zero attached hydrogens (tertiary/aromatic N) is 3. The second-order valence-electron chi connectivity index (χ2n) is 6.80. The quantitative estimate of drug-likeness (QED) is 0.457. The zero-order valence-electron chi connectivity index (χ0n) is 16.5. The summed E-state index contributed by atoms with van der Waals surface area (Å²) >= 11 is 0. The van der Waals surface area contributed by atoms with E-state index in [1.54, 1.807) is 30.5 Å². The molecule has 0 radical (unpaired) electrons. The number of halogens is 3. The van der Waals surface area contributed by atoms with Crippen LogP contribution in [0.15, 0.2) is 67.1 Å². The molecule has 2 heterocycles. The molecule has 0 spiro atoms. The van der Waals surface area contributed by atoms with Crippen LogP contribution in [0, 0.1) is 0 Å². The Kier molecular flexibility index (Phi) is 5.43. The Balaban J connectivity index is 1.78. The topological polar surface area (TPSA) is 94.1 Å². The number of fused-ring (bicyclic) bond motifs is 1. The van der Waals surface area contributed by atoms with Crippen LogP contribution in [0.1, 0.15) is 5.56 Å². The summed E-state index contributed by atoms with van der Waals surface area (Å²) in [5, 5.41) is 0.888. The lowest BCUT2D eigenvalue weighted by molar-refractivity contribution is -0.137. The van der Waals surface area contributed by atoms with E-state index in [1.165, 1.54) is 12.1 Å². The second kappa shape index (κ2) is 8.08. The molecule has 0 saturated heterocycles. The zero-order valence-corrected chi connectivity index (χ0v) is 17.3. The molecule has 0 atom stereocenters. The molecule has 0 amide bonds. The third kappa shape index (κ3) is 4.78. The predicted molar refractivity (Wildman–Crippen MR) is 113 cm³/mol. The lowest BCUT2D eigenvalue weighted by atomic mass is 10.0. The van der Waals surface area contributed by atoms with Gasteiger partial charge in [0.05, 0.1) is 28.7 Å². The number of anilines is 1. The number of alkyl halides is 3. The molecule has 7 nitrogen and oxygen atoms in total. The van der Waals surface area contributed by atoms with Gasteiger partial charge in [0.2, 0.25) is 15.9 Å². The van der Waals surface area contributed by atoms with E-state index in [-0.39, 0.29) is 17.3 Å². The van der Waals surface area contributed by atoms with E-state index in [9.17, 15) is 21.6 Å². The molecule has 2 aromatic carbocycles. The minimum atomic E-state index is -4.75. The first-order valence-corrected chi connectivity index (χ1v) is 11.0. The van der Waals surface area contributed by atoms with Gasteiger partial charge in [-0.3, -0.25) is 9.71 Å². The predicted octanol–water partition coefficient (Wildman–Crippen LogP) is 4.87. The maximum Gasteiger partial charge on any atom is 0.417 e. The molecule has 0 aliphatic carbocycles. The van der Waals surface area contributed by atoms with Crippen LogP contribution in [0.3, 0.4) is 0 Å². The second-order valence-corrected chi connectivity index (χ2v) is 8.55. The third-order valence-electron chi connectivity index (χ3n) is 4.36. The van der Waals surface area contributed by atoms with Gasteiger partial charge < -0.3 is 4.74 Å². The lowest BCUT2D eigenvalue weighted by Gasteiger charge is -2.17. The highest BCUT2D eigenvalue weighted by Gasteiger charge is 2.35. The van der Waals surface area contributed by atoms with Gasteiger partial charge in [0, 0.05) is 29.3 Å². The molecule has 32 heavy (non-hydrogen) atoms. The molecule has 0 aliphatic heterocycles. The van der Waals surface area contributed by atoms with Crippen molar-refractivity contribution in [2.75, 3.05) is 11.0 Å². The number of aromatic nitrogens is 3. The molecule has 1 N–H and O–H groups in total. The summed E-state index contributed by atoms with van der Waals surface area (Å²) in [6, 6.07) is 13.2. The van der Waals surface area contributed by atoms with Crippen molar-refractivity contribution in [1.29, 1.82) is 0 Å². The number of hydrogen-bond donors (Lipinski definition) is 1. The van der Waals surface area contributed by atoms with Crippen LogP contribution in [-0.4, -0.2) is 29.6 Å². The monoisotopic (exact) mass is 460 g/mol. The minimum absolute atomic E-state index is 0.0208. The van der Waals surface area contributed by atoms with Crippen molar-refractivity contribution in [2.45, 2.75) is 6.18 Å². The number of sulfonamides is 1. The number of hydrogen-bond acceptors (Lipinski definition) is 6. The van der Waals surface area contributed by atoms with Crippen molar-refractivity contribution in [3.8, 4) is 22.9 Å². The van der Waals surface area contributed by atoms with E-state index in [1.807, 2.05) is 6.07 Å². The first-order chi connectivity index (χ1) is 15.1. The van der Waals surface area contributed by atoms with E-state index in [0.717, 1.165) is 30.1 Å². The van der Waals surface area contributed by atoms with Crippen LogP contribution >= 0.6 is 0 Å². The molecule has 0 aliphatic rings. The molecular formula is C21H15F3N4O3S. The van der Waals surface area contributed by atoms with Crippen molar-refractivity contribution in [1.82, 2.24) is 15.0 Å². The van der Waals surface area contributed by atoms with Gasteiger partial charge in [-0.05, 0) is 30.3 Å². The molecule has 0 saturated carbocycles. The molecule has 4 rings (SSSR count). The first-order valence-electron chi connectivity index (χ1n) is 9.13. The third-order valence-corrected chi connectivity index (χ3v) is 4.95. The Morgan fingerprint density at radius 3 is 2.53 bits per heavy atom. The van der Waals surface area contributed by atoms with Gasteiger partial charge in [0.15, 0.2) is 0 Å². The van der Waals surface area contributed by atoms with Crippen molar-refractivity contribution < 1.29 is 26.3 Å². The van der Waals surface area contributed by atoms with Gasteiger partial charge in [-0.1, -0.05) is 12.1 Å². The zero-order chi connectivity index (χ0) is 22.9. The maximum absolute atomic E-state index is 13.7. The van der Waals surface area contributed by atoms with E-state index in [4.69, 9.17) is 4.74 Å². The van der Waals surface area contributed by atoms with Gasteiger partial charge in [-0.2, -0.15) is 13.2 Å². The lowest BCUT2D eigenvalue weighted by Crippen LogP contribution is -2.14. The summed E-state index contributed by atoms with van der Waals surface area (Å²) in [4.78, 5) is 12.1. The van der Waals surface area contributed by atoms with Crippen LogP contribution in [-0.2, 0) is 16.2 Å². The van der Waals surface area contributed by atoms with Gasteiger partial charge in [0.25, 0.3) is 0 Å². The van der Waals surface area contributed by atoms with Gasteiger partial charge in [-0.15, -0.1) is 0 Å². The Morgan fingerprint density at radius 1 is 0.969 bits per heavy atom. The van der Waals surface area contributed by atoms with Crippen LogP contribution in [0.2, 0.25) is 0 Å². The van der Waals surface area contributed by atoms with Crippen molar-refractivity contribution >= 4 is 26.6 Å². The molecule has 0 unspecified atom stereocenters. The van der Waals surface area contributed by atoms with E-state index >= 15 is 0 Å². The Morgan fingerprint density at radius 2 is 1.78 bits per heavy atom. The van der Waals surface area contributed by atoms with Crippen molar-refractivity contribution in [2.24, 2.45) is 0 Å². The number of rotatable bonds is 5.